The molecule has 0 spiro atoms. The molecule has 4 atom stereocenters. The van der Waals surface area contributed by atoms with Gasteiger partial charge in [0.1, 0.15) is 0 Å². The summed E-state index contributed by atoms with van der Waals surface area (Å²) in [4.78, 5) is 78.0. The summed E-state index contributed by atoms with van der Waals surface area (Å²) in [6.45, 7) is -1.02. The number of rotatable bonds is 16. The highest BCUT2D eigenvalue weighted by Crippen LogP contribution is 2.32. The van der Waals surface area contributed by atoms with Gasteiger partial charge in [-0.3, -0.25) is 9.98 Å². The molecule has 14 N–H and O–H groups in total. The van der Waals surface area contributed by atoms with Gasteiger partial charge < -0.3 is 63.8 Å². The first-order valence-corrected chi connectivity index (χ1v) is 9.12. The minimum atomic E-state index is -3.09. The van der Waals surface area contributed by atoms with Gasteiger partial charge in [0, 0.05) is 25.9 Å². The van der Waals surface area contributed by atoms with Gasteiger partial charge in [0.2, 0.25) is 11.1 Å². The minimum absolute atomic E-state index is 0.174. The number of carbonyl (C=O) groups is 6. The van der Waals surface area contributed by atoms with Crippen LogP contribution in [0.25, 0.3) is 0 Å². The third-order valence-electron chi connectivity index (χ3n) is 4.88. The minimum Gasteiger partial charge on any atom is -0.479 e. The van der Waals surface area contributed by atoms with E-state index in [4.69, 9.17) is 34.4 Å². The summed E-state index contributed by atoms with van der Waals surface area (Å²) >= 11 is 0. The van der Waals surface area contributed by atoms with Crippen molar-refractivity contribution in [2.24, 2.45) is 54.6 Å². The highest BCUT2D eigenvalue weighted by atomic mass is 16.4. The quantitative estimate of drug-likeness (QED) is 0.0332. The van der Waals surface area contributed by atoms with Crippen molar-refractivity contribution < 1.29 is 39.0 Å². The van der Waals surface area contributed by atoms with E-state index >= 15 is 0 Å². The van der Waals surface area contributed by atoms with Crippen molar-refractivity contribution >= 4 is 49.0 Å². The zero-order valence-corrected chi connectivity index (χ0v) is 17.7. The fourth-order valence-corrected chi connectivity index (χ4v) is 2.60. The fraction of sp³-hybridized carbons (Fsp3) is 0.500. The van der Waals surface area contributed by atoms with Gasteiger partial charge in [-0.25, -0.2) is 9.59 Å². The predicted molar refractivity (Wildman–Crippen MR) is 114 cm³/mol. The lowest BCUT2D eigenvalue weighted by Crippen LogP contribution is -2.69. The number of guanidine groups is 2. The van der Waals surface area contributed by atoms with Crippen LogP contribution in [0.4, 0.5) is 0 Å². The molecule has 0 aromatic carbocycles. The van der Waals surface area contributed by atoms with Crippen molar-refractivity contribution in [1.29, 1.82) is 0 Å². The van der Waals surface area contributed by atoms with Gasteiger partial charge in [0.25, 0.3) is 0 Å². The highest BCUT2D eigenvalue weighted by Gasteiger charge is 2.59. The second-order valence-electron chi connectivity index (χ2n) is 6.98. The lowest BCUT2D eigenvalue weighted by molar-refractivity contribution is -0.152. The number of hydrogen-bond acceptors (Lipinski definition) is 12. The molecule has 0 saturated heterocycles. The van der Waals surface area contributed by atoms with E-state index in [1.165, 1.54) is 0 Å². The van der Waals surface area contributed by atoms with Gasteiger partial charge in [0.15, 0.2) is 48.1 Å². The normalized spacial score (nSPS) is 18.1. The average Bonchev–Trinajstić information content (AvgIpc) is 2.77. The third-order valence-corrected chi connectivity index (χ3v) is 4.88. The van der Waals surface area contributed by atoms with Gasteiger partial charge in [-0.15, -0.1) is 0 Å². The van der Waals surface area contributed by atoms with Crippen molar-refractivity contribution in [3.05, 3.63) is 0 Å². The first-order valence-electron chi connectivity index (χ1n) is 9.12. The molecule has 0 heterocycles. The number of aliphatic imine (C=N–C) groups is 2. The Morgan fingerprint density at radius 2 is 0.941 bits per heavy atom. The Hall–Kier alpha value is -4.32. The molecule has 0 radical (unpaired) electrons. The first kappa shape index (κ1) is 29.7. The topological polar surface area (TPSA) is 348 Å². The number of nitrogens with zero attached hydrogens (tertiary/aromatic N) is 4. The summed E-state index contributed by atoms with van der Waals surface area (Å²) < 4.78 is 0. The van der Waals surface area contributed by atoms with Gasteiger partial charge in [-0.05, 0) is 0 Å². The first-order chi connectivity index (χ1) is 15.7. The summed E-state index contributed by atoms with van der Waals surface area (Å²) in [6, 6.07) is 0. The smallest absolute Gasteiger partial charge is 0.334 e. The van der Waals surface area contributed by atoms with Gasteiger partial charge >= 0.3 is 11.9 Å². The van der Waals surface area contributed by atoms with E-state index in [1.807, 2.05) is 0 Å². The van der Waals surface area contributed by atoms with Gasteiger partial charge in [-0.1, -0.05) is 0 Å². The number of nitrogens with two attached hydrogens (primary N) is 6. The molecule has 0 aliphatic carbocycles. The number of hydrogen-bond donors (Lipinski definition) is 8. The van der Waals surface area contributed by atoms with Crippen molar-refractivity contribution in [1.82, 2.24) is 0 Å². The monoisotopic (exact) mass is 486 g/mol. The molecule has 0 aliphatic heterocycles. The van der Waals surface area contributed by atoms with E-state index in [1.54, 1.807) is 0 Å². The standard InChI is InChI=1S/C16H26N10O8/c17-11(18)23-3-1-13(5-27,15(21,7-29)9(31)32)25-26-14(6-28,2-4-24-12(19)20)16(22,8-30)10(33)34/h5-8H,1-4,21-22H2,(H,31,32)(H,33,34)(H4,17,18,23)(H4,19,20,24). The molecule has 0 rings (SSSR count). The van der Waals surface area contributed by atoms with Crippen LogP contribution in [0.1, 0.15) is 12.8 Å². The Bertz CT molecular complexity index is 843. The summed E-state index contributed by atoms with van der Waals surface area (Å²) in [6.07, 6.45) is -2.51. The van der Waals surface area contributed by atoms with Crippen LogP contribution in [0.5, 0.6) is 0 Å². The van der Waals surface area contributed by atoms with Crippen LogP contribution in [0.2, 0.25) is 0 Å². The lowest BCUT2D eigenvalue weighted by Gasteiger charge is -2.37. The molecule has 0 bridgehead atoms. The Kier molecular flexibility index (Phi) is 10.1. The largest absolute Gasteiger partial charge is 0.479 e. The van der Waals surface area contributed by atoms with E-state index < -0.39 is 71.9 Å². The zero-order chi connectivity index (χ0) is 26.8. The van der Waals surface area contributed by atoms with E-state index in [2.05, 4.69) is 20.2 Å². The Balaban J connectivity index is 7.13. The van der Waals surface area contributed by atoms with Crippen LogP contribution in [-0.2, 0) is 28.8 Å². The number of carbonyl (C=O) groups excluding carboxylic acids is 4. The van der Waals surface area contributed by atoms with Crippen molar-refractivity contribution in [2.45, 2.75) is 35.0 Å². The average molecular weight is 486 g/mol. The molecule has 0 amide bonds. The van der Waals surface area contributed by atoms with Crippen molar-refractivity contribution in [3.63, 3.8) is 0 Å². The third kappa shape index (κ3) is 5.72. The highest BCUT2D eigenvalue weighted by molar-refractivity contribution is 6.04. The predicted octanol–water partition coefficient (Wildman–Crippen LogP) is -5.40. The Morgan fingerprint density at radius 1 is 0.647 bits per heavy atom. The van der Waals surface area contributed by atoms with Crippen LogP contribution in [0.15, 0.2) is 20.2 Å². The van der Waals surface area contributed by atoms with Gasteiger partial charge in [0.05, 0.1) is 0 Å². The van der Waals surface area contributed by atoms with Crippen LogP contribution < -0.4 is 34.4 Å². The fourth-order valence-electron chi connectivity index (χ4n) is 2.60. The van der Waals surface area contributed by atoms with Gasteiger partial charge in [-0.2, -0.15) is 10.2 Å². The van der Waals surface area contributed by atoms with E-state index in [-0.39, 0.29) is 25.1 Å². The number of azo groups is 1. The molecule has 0 saturated carbocycles. The molecule has 0 aliphatic rings. The second-order valence-corrected chi connectivity index (χ2v) is 6.98. The van der Waals surface area contributed by atoms with Crippen LogP contribution >= 0.6 is 0 Å². The summed E-state index contributed by atoms with van der Waals surface area (Å²) in [7, 11) is 0. The molecular weight excluding hydrogens is 460 g/mol. The lowest BCUT2D eigenvalue weighted by atomic mass is 9.76. The number of carboxylic acid groups (broad SMARTS) is 2. The molecule has 34 heavy (non-hydrogen) atoms. The number of aliphatic carboxylic acids is 2. The molecule has 188 valence electrons. The summed E-state index contributed by atoms with van der Waals surface area (Å²) in [5.74, 6) is -5.03. The molecule has 0 fully saturated rings. The maximum absolute atomic E-state index is 12.0. The molecule has 0 aromatic rings. The molecule has 4 unspecified atom stereocenters. The zero-order valence-electron chi connectivity index (χ0n) is 17.7. The van der Waals surface area contributed by atoms with Crippen LogP contribution in [0, 0.1) is 0 Å². The molecule has 18 nitrogen and oxygen atoms in total. The van der Waals surface area contributed by atoms with E-state index in [0.717, 1.165) is 0 Å². The van der Waals surface area contributed by atoms with E-state index in [9.17, 15) is 39.0 Å². The molecule has 18 heteroatoms. The molecular formula is C16H26N10O8. The SMILES string of the molecule is NC(N)=NCCC(C=O)(N=NC(C=O)(CCN=C(N)N)C(N)(C=O)C(=O)O)C(N)(C=O)C(=O)O. The Labute approximate surface area is 191 Å². The van der Waals surface area contributed by atoms with E-state index in [0.29, 0.717) is 0 Å². The Morgan fingerprint density at radius 3 is 1.12 bits per heavy atom. The van der Waals surface area contributed by atoms with Crippen molar-refractivity contribution in [3.8, 4) is 0 Å². The summed E-state index contributed by atoms with van der Waals surface area (Å²) in [5, 5.41) is 26.0. The maximum Gasteiger partial charge on any atom is 0.334 e. The second kappa shape index (κ2) is 11.5. The summed E-state index contributed by atoms with van der Waals surface area (Å²) in [5.41, 5.74) is 20.3. The van der Waals surface area contributed by atoms with Crippen LogP contribution in [0.3, 0.4) is 0 Å². The van der Waals surface area contributed by atoms with Crippen molar-refractivity contribution in [2.75, 3.05) is 13.1 Å². The molecule has 0 aromatic heterocycles. The number of aldehydes is 4. The van der Waals surface area contributed by atoms with Crippen LogP contribution in [-0.4, -0.2) is 94.5 Å². The maximum atomic E-state index is 12.0. The number of carboxylic acids is 2.